The van der Waals surface area contributed by atoms with Gasteiger partial charge in [0.15, 0.2) is 0 Å². The molecule has 0 saturated heterocycles. The van der Waals surface area contributed by atoms with Crippen LogP contribution < -0.4 is 5.32 Å². The maximum Gasteiger partial charge on any atom is 0.418 e. The first kappa shape index (κ1) is 10.4. The van der Waals surface area contributed by atoms with Crippen LogP contribution in [0.3, 0.4) is 0 Å². The van der Waals surface area contributed by atoms with Gasteiger partial charge in [-0.25, -0.2) is 0 Å². The molecule has 0 fully saturated rings. The van der Waals surface area contributed by atoms with E-state index in [1.165, 1.54) is 19.2 Å². The van der Waals surface area contributed by atoms with Crippen molar-refractivity contribution in [2.24, 2.45) is 0 Å². The van der Waals surface area contributed by atoms with Crippen molar-refractivity contribution in [2.75, 3.05) is 12.4 Å². The summed E-state index contributed by atoms with van der Waals surface area (Å²) in [5, 5.41) is 2.49. The van der Waals surface area contributed by atoms with E-state index in [-0.39, 0.29) is 5.69 Å². The molecule has 1 nitrogen and oxygen atoms in total. The van der Waals surface area contributed by atoms with Crippen LogP contribution in [0.15, 0.2) is 22.7 Å². The molecule has 72 valence electrons. The lowest BCUT2D eigenvalue weighted by molar-refractivity contribution is -0.136. The lowest BCUT2D eigenvalue weighted by Crippen LogP contribution is -2.08. The van der Waals surface area contributed by atoms with Crippen molar-refractivity contribution in [3.8, 4) is 0 Å². The molecule has 1 aromatic rings. The molecule has 0 aliphatic carbocycles. The Balaban J connectivity index is 3.22. The molecule has 0 bridgehead atoms. The Hall–Kier alpha value is -0.710. The Morgan fingerprint density at radius 3 is 2.38 bits per heavy atom. The van der Waals surface area contributed by atoms with Crippen LogP contribution in [0.1, 0.15) is 5.56 Å². The van der Waals surface area contributed by atoms with Gasteiger partial charge in [-0.3, -0.25) is 0 Å². The predicted octanol–water partition coefficient (Wildman–Crippen LogP) is 3.51. The van der Waals surface area contributed by atoms with Crippen LogP contribution in [-0.4, -0.2) is 7.05 Å². The zero-order valence-electron chi connectivity index (χ0n) is 6.74. The van der Waals surface area contributed by atoms with Crippen LogP contribution in [0.2, 0.25) is 0 Å². The molecular formula is C8H7BrF3N. The van der Waals surface area contributed by atoms with E-state index in [4.69, 9.17) is 0 Å². The summed E-state index contributed by atoms with van der Waals surface area (Å²) in [4.78, 5) is 0. The number of hydrogen-bond acceptors (Lipinski definition) is 1. The highest BCUT2D eigenvalue weighted by atomic mass is 79.9. The highest BCUT2D eigenvalue weighted by Crippen LogP contribution is 2.35. The molecule has 0 heterocycles. The second-order valence-corrected chi connectivity index (χ2v) is 3.35. The van der Waals surface area contributed by atoms with Gasteiger partial charge in [0.25, 0.3) is 0 Å². The van der Waals surface area contributed by atoms with Crippen LogP contribution in [0.25, 0.3) is 0 Å². The van der Waals surface area contributed by atoms with Gasteiger partial charge < -0.3 is 5.32 Å². The SMILES string of the molecule is CNc1cc(Br)ccc1C(F)(F)F. The van der Waals surface area contributed by atoms with E-state index < -0.39 is 11.7 Å². The number of halogens is 4. The molecule has 0 atom stereocenters. The molecule has 0 spiro atoms. The Morgan fingerprint density at radius 1 is 1.31 bits per heavy atom. The molecule has 0 aliphatic rings. The van der Waals surface area contributed by atoms with E-state index in [1.807, 2.05) is 0 Å². The van der Waals surface area contributed by atoms with Gasteiger partial charge in [0.2, 0.25) is 0 Å². The minimum atomic E-state index is -4.31. The van der Waals surface area contributed by atoms with Gasteiger partial charge in [0.05, 0.1) is 5.56 Å². The number of benzene rings is 1. The molecule has 1 aromatic carbocycles. The monoisotopic (exact) mass is 253 g/mol. The highest BCUT2D eigenvalue weighted by molar-refractivity contribution is 9.10. The van der Waals surface area contributed by atoms with Crippen LogP contribution >= 0.6 is 15.9 Å². The molecule has 0 aromatic heterocycles. The summed E-state index contributed by atoms with van der Waals surface area (Å²) >= 11 is 3.10. The van der Waals surface area contributed by atoms with Crippen molar-refractivity contribution in [3.63, 3.8) is 0 Å². The molecule has 5 heteroatoms. The lowest BCUT2D eigenvalue weighted by Gasteiger charge is -2.12. The molecule has 1 N–H and O–H groups in total. The first-order chi connectivity index (χ1) is 5.95. The summed E-state index contributed by atoms with van der Waals surface area (Å²) < 4.78 is 37.6. The average Bonchev–Trinajstić information content (AvgIpc) is 2.01. The average molecular weight is 254 g/mol. The van der Waals surface area contributed by atoms with Crippen molar-refractivity contribution in [3.05, 3.63) is 28.2 Å². The maximum atomic E-state index is 12.3. The fraction of sp³-hybridized carbons (Fsp3) is 0.250. The minimum Gasteiger partial charge on any atom is -0.388 e. The lowest BCUT2D eigenvalue weighted by atomic mass is 10.2. The Morgan fingerprint density at radius 2 is 1.92 bits per heavy atom. The normalized spacial score (nSPS) is 11.5. The molecular weight excluding hydrogens is 247 g/mol. The minimum absolute atomic E-state index is 0.0712. The van der Waals surface area contributed by atoms with E-state index in [1.54, 1.807) is 0 Å². The van der Waals surface area contributed by atoms with Crippen molar-refractivity contribution in [1.82, 2.24) is 0 Å². The molecule has 1 rings (SSSR count). The number of rotatable bonds is 1. The van der Waals surface area contributed by atoms with Gasteiger partial charge in [0, 0.05) is 17.2 Å². The smallest absolute Gasteiger partial charge is 0.388 e. The fourth-order valence-electron chi connectivity index (χ4n) is 0.971. The van der Waals surface area contributed by atoms with Gasteiger partial charge in [-0.05, 0) is 18.2 Å². The summed E-state index contributed by atoms with van der Waals surface area (Å²) in [6.45, 7) is 0. The highest BCUT2D eigenvalue weighted by Gasteiger charge is 2.33. The third-order valence-corrected chi connectivity index (χ3v) is 2.05. The van der Waals surface area contributed by atoms with E-state index in [0.717, 1.165) is 6.07 Å². The third-order valence-electron chi connectivity index (χ3n) is 1.56. The molecule has 0 unspecified atom stereocenters. The topological polar surface area (TPSA) is 12.0 Å². The van der Waals surface area contributed by atoms with Crippen LogP contribution in [0, 0.1) is 0 Å². The van der Waals surface area contributed by atoms with E-state index in [9.17, 15) is 13.2 Å². The summed E-state index contributed by atoms with van der Waals surface area (Å²) in [6.07, 6.45) is -4.31. The number of hydrogen-bond donors (Lipinski definition) is 1. The van der Waals surface area contributed by atoms with E-state index >= 15 is 0 Å². The maximum absolute atomic E-state index is 12.3. The molecule has 0 saturated carbocycles. The van der Waals surface area contributed by atoms with Gasteiger partial charge in [-0.15, -0.1) is 0 Å². The third kappa shape index (κ3) is 2.37. The Kier molecular flexibility index (Phi) is 2.85. The molecule has 0 amide bonds. The standard InChI is InChI=1S/C8H7BrF3N/c1-13-7-4-5(9)2-3-6(7)8(10,11)12/h2-4,13H,1H3. The van der Waals surface area contributed by atoms with Gasteiger partial charge in [0.1, 0.15) is 0 Å². The second kappa shape index (κ2) is 3.57. The van der Waals surface area contributed by atoms with Gasteiger partial charge in [-0.2, -0.15) is 13.2 Å². The van der Waals surface area contributed by atoms with Gasteiger partial charge >= 0.3 is 6.18 Å². The van der Waals surface area contributed by atoms with Crippen molar-refractivity contribution >= 4 is 21.6 Å². The van der Waals surface area contributed by atoms with Gasteiger partial charge in [-0.1, -0.05) is 15.9 Å². The summed E-state index contributed by atoms with van der Waals surface area (Å²) in [5.41, 5.74) is -0.583. The molecule has 0 radical (unpaired) electrons. The van der Waals surface area contributed by atoms with Crippen molar-refractivity contribution in [1.29, 1.82) is 0 Å². The van der Waals surface area contributed by atoms with E-state index in [0.29, 0.717) is 4.47 Å². The number of alkyl halides is 3. The zero-order chi connectivity index (χ0) is 10.1. The number of nitrogens with one attached hydrogen (secondary N) is 1. The zero-order valence-corrected chi connectivity index (χ0v) is 8.33. The largest absolute Gasteiger partial charge is 0.418 e. The number of anilines is 1. The van der Waals surface area contributed by atoms with Crippen molar-refractivity contribution in [2.45, 2.75) is 6.18 Å². The van der Waals surface area contributed by atoms with Crippen LogP contribution in [0.5, 0.6) is 0 Å². The van der Waals surface area contributed by atoms with Crippen LogP contribution in [0.4, 0.5) is 18.9 Å². The summed E-state index contributed by atoms with van der Waals surface area (Å²) in [7, 11) is 1.46. The molecule has 0 aliphatic heterocycles. The quantitative estimate of drug-likeness (QED) is 0.808. The summed E-state index contributed by atoms with van der Waals surface area (Å²) in [6, 6.07) is 3.79. The first-order valence-electron chi connectivity index (χ1n) is 3.49. The summed E-state index contributed by atoms with van der Waals surface area (Å²) in [5.74, 6) is 0. The fourth-order valence-corrected chi connectivity index (χ4v) is 1.33. The van der Waals surface area contributed by atoms with Crippen LogP contribution in [-0.2, 0) is 6.18 Å². The predicted molar refractivity (Wildman–Crippen MR) is 48.7 cm³/mol. The molecule has 13 heavy (non-hydrogen) atoms. The second-order valence-electron chi connectivity index (χ2n) is 2.44. The Labute approximate surface area is 82.1 Å². The van der Waals surface area contributed by atoms with E-state index in [2.05, 4.69) is 21.2 Å². The van der Waals surface area contributed by atoms with Crippen molar-refractivity contribution < 1.29 is 13.2 Å². The Bertz CT molecular complexity index is 309. The first-order valence-corrected chi connectivity index (χ1v) is 4.29.